The van der Waals surface area contributed by atoms with Crippen molar-refractivity contribution in [1.29, 1.82) is 0 Å². The Morgan fingerprint density at radius 3 is 2.57 bits per heavy atom. The van der Waals surface area contributed by atoms with Crippen molar-refractivity contribution in [3.05, 3.63) is 35.9 Å². The number of rotatable bonds is 2. The van der Waals surface area contributed by atoms with Gasteiger partial charge >= 0.3 is 0 Å². The molecule has 1 saturated heterocycles. The highest BCUT2D eigenvalue weighted by Gasteiger charge is 2.33. The van der Waals surface area contributed by atoms with Crippen LogP contribution in [-0.2, 0) is 4.74 Å². The van der Waals surface area contributed by atoms with E-state index in [1.165, 1.54) is 0 Å². The molecule has 1 aliphatic heterocycles. The van der Waals surface area contributed by atoms with Crippen LogP contribution in [-0.4, -0.2) is 29.0 Å². The van der Waals surface area contributed by atoms with E-state index < -0.39 is 12.2 Å². The molecule has 0 amide bonds. The van der Waals surface area contributed by atoms with Gasteiger partial charge in [0, 0.05) is 6.42 Å². The largest absolute Gasteiger partial charge is 0.394 e. The zero-order valence-electron chi connectivity index (χ0n) is 7.84. The second-order valence-electron chi connectivity index (χ2n) is 3.56. The maximum absolute atomic E-state index is 9.54. The smallest absolute Gasteiger partial charge is 0.107 e. The first-order valence-electron chi connectivity index (χ1n) is 4.80. The maximum Gasteiger partial charge on any atom is 0.107 e. The van der Waals surface area contributed by atoms with E-state index in [0.29, 0.717) is 6.42 Å². The van der Waals surface area contributed by atoms with Gasteiger partial charge in [0.25, 0.3) is 0 Å². The topological polar surface area (TPSA) is 49.7 Å². The van der Waals surface area contributed by atoms with Crippen molar-refractivity contribution in [3.63, 3.8) is 0 Å². The SMILES string of the molecule is OC[C@@H]1O[C@H](c2ccccc2)C[C@H]1O. The van der Waals surface area contributed by atoms with Crippen LogP contribution in [0, 0.1) is 0 Å². The van der Waals surface area contributed by atoms with Gasteiger partial charge in [0.1, 0.15) is 6.10 Å². The van der Waals surface area contributed by atoms with Gasteiger partial charge in [-0.2, -0.15) is 0 Å². The molecule has 0 saturated carbocycles. The lowest BCUT2D eigenvalue weighted by molar-refractivity contribution is -0.0225. The molecule has 3 atom stereocenters. The van der Waals surface area contributed by atoms with E-state index >= 15 is 0 Å². The van der Waals surface area contributed by atoms with E-state index in [1.807, 2.05) is 30.3 Å². The summed E-state index contributed by atoms with van der Waals surface area (Å²) < 4.78 is 5.51. The molecular weight excluding hydrogens is 180 g/mol. The Morgan fingerprint density at radius 2 is 2.00 bits per heavy atom. The van der Waals surface area contributed by atoms with Crippen molar-refractivity contribution >= 4 is 0 Å². The Hall–Kier alpha value is -0.900. The Morgan fingerprint density at radius 1 is 1.29 bits per heavy atom. The van der Waals surface area contributed by atoms with Gasteiger partial charge in [-0.3, -0.25) is 0 Å². The molecule has 1 aromatic carbocycles. The molecule has 0 aromatic heterocycles. The third kappa shape index (κ3) is 1.80. The van der Waals surface area contributed by atoms with E-state index in [-0.39, 0.29) is 12.7 Å². The molecule has 1 aliphatic rings. The summed E-state index contributed by atoms with van der Waals surface area (Å²) in [6, 6.07) is 9.77. The summed E-state index contributed by atoms with van der Waals surface area (Å²) in [5.74, 6) is 0. The quantitative estimate of drug-likeness (QED) is 0.734. The fourth-order valence-electron chi connectivity index (χ4n) is 1.78. The monoisotopic (exact) mass is 194 g/mol. The number of hydrogen-bond acceptors (Lipinski definition) is 3. The maximum atomic E-state index is 9.54. The minimum absolute atomic E-state index is 0.0802. The van der Waals surface area contributed by atoms with E-state index in [9.17, 15) is 5.11 Å². The van der Waals surface area contributed by atoms with Crippen LogP contribution in [0.25, 0.3) is 0 Å². The lowest BCUT2D eigenvalue weighted by Gasteiger charge is -2.11. The molecule has 2 rings (SSSR count). The first kappa shape index (κ1) is 9.65. The average molecular weight is 194 g/mol. The Balaban J connectivity index is 2.09. The number of hydrogen-bond donors (Lipinski definition) is 2. The van der Waals surface area contributed by atoms with Gasteiger partial charge in [-0.25, -0.2) is 0 Å². The molecule has 1 aromatic rings. The molecule has 0 spiro atoms. The predicted octanol–water partition coefficient (Wildman–Crippen LogP) is 0.870. The van der Waals surface area contributed by atoms with Gasteiger partial charge in [-0.05, 0) is 5.56 Å². The van der Waals surface area contributed by atoms with E-state index in [4.69, 9.17) is 9.84 Å². The first-order valence-corrected chi connectivity index (χ1v) is 4.80. The van der Waals surface area contributed by atoms with E-state index in [0.717, 1.165) is 5.56 Å². The zero-order chi connectivity index (χ0) is 9.97. The molecule has 0 unspecified atom stereocenters. The summed E-state index contributed by atoms with van der Waals surface area (Å²) >= 11 is 0. The molecule has 1 heterocycles. The molecule has 14 heavy (non-hydrogen) atoms. The van der Waals surface area contributed by atoms with E-state index in [2.05, 4.69) is 0 Å². The molecule has 3 nitrogen and oxygen atoms in total. The average Bonchev–Trinajstić information content (AvgIpc) is 2.61. The van der Waals surface area contributed by atoms with Crippen LogP contribution in [0.5, 0.6) is 0 Å². The molecule has 0 aliphatic carbocycles. The molecule has 3 heteroatoms. The van der Waals surface area contributed by atoms with Crippen molar-refractivity contribution in [2.24, 2.45) is 0 Å². The third-order valence-corrected chi connectivity index (χ3v) is 2.58. The highest BCUT2D eigenvalue weighted by Crippen LogP contribution is 2.32. The molecular formula is C11H14O3. The van der Waals surface area contributed by atoms with Crippen molar-refractivity contribution in [3.8, 4) is 0 Å². The summed E-state index contributed by atoms with van der Waals surface area (Å²) in [4.78, 5) is 0. The summed E-state index contributed by atoms with van der Waals surface area (Å²) in [5, 5.41) is 18.5. The lowest BCUT2D eigenvalue weighted by Crippen LogP contribution is -2.24. The molecule has 0 bridgehead atoms. The Kier molecular flexibility index (Phi) is 2.82. The van der Waals surface area contributed by atoms with Crippen LogP contribution >= 0.6 is 0 Å². The van der Waals surface area contributed by atoms with Crippen LogP contribution in [0.1, 0.15) is 18.1 Å². The van der Waals surface area contributed by atoms with Gasteiger partial charge in [-0.1, -0.05) is 30.3 Å². The van der Waals surface area contributed by atoms with Gasteiger partial charge in [0.2, 0.25) is 0 Å². The molecule has 2 N–H and O–H groups in total. The fourth-order valence-corrected chi connectivity index (χ4v) is 1.78. The van der Waals surface area contributed by atoms with Crippen LogP contribution in [0.3, 0.4) is 0 Å². The second kappa shape index (κ2) is 4.09. The van der Waals surface area contributed by atoms with Crippen molar-refractivity contribution in [1.82, 2.24) is 0 Å². The van der Waals surface area contributed by atoms with Crippen LogP contribution in [0.4, 0.5) is 0 Å². The summed E-state index contributed by atoms with van der Waals surface area (Å²) in [6.07, 6.45) is -0.497. The van der Waals surface area contributed by atoms with Crippen LogP contribution in [0.15, 0.2) is 30.3 Å². The van der Waals surface area contributed by atoms with E-state index in [1.54, 1.807) is 0 Å². The highest BCUT2D eigenvalue weighted by atomic mass is 16.5. The first-order chi connectivity index (χ1) is 6.81. The van der Waals surface area contributed by atoms with Gasteiger partial charge in [0.05, 0.1) is 18.8 Å². The zero-order valence-corrected chi connectivity index (χ0v) is 7.84. The highest BCUT2D eigenvalue weighted by molar-refractivity contribution is 5.18. The normalized spacial score (nSPS) is 32.0. The minimum atomic E-state index is -0.551. The van der Waals surface area contributed by atoms with Crippen molar-refractivity contribution in [2.75, 3.05) is 6.61 Å². The van der Waals surface area contributed by atoms with Crippen molar-refractivity contribution in [2.45, 2.75) is 24.7 Å². The van der Waals surface area contributed by atoms with Crippen LogP contribution < -0.4 is 0 Å². The standard InChI is InChI=1S/C11H14O3/c12-7-11-9(13)6-10(14-11)8-4-2-1-3-5-8/h1-5,9-13H,6-7H2/t9-,10+,11+/m1/s1. The van der Waals surface area contributed by atoms with Gasteiger partial charge in [-0.15, -0.1) is 0 Å². The molecule has 1 fully saturated rings. The molecule has 76 valence electrons. The van der Waals surface area contributed by atoms with Crippen LogP contribution in [0.2, 0.25) is 0 Å². The summed E-state index contributed by atoms with van der Waals surface area (Å²) in [7, 11) is 0. The minimum Gasteiger partial charge on any atom is -0.394 e. The number of aliphatic hydroxyl groups excluding tert-OH is 2. The van der Waals surface area contributed by atoms with Crippen molar-refractivity contribution < 1.29 is 14.9 Å². The Labute approximate surface area is 83.0 Å². The fraction of sp³-hybridized carbons (Fsp3) is 0.455. The van der Waals surface area contributed by atoms with Gasteiger partial charge < -0.3 is 14.9 Å². The number of benzene rings is 1. The van der Waals surface area contributed by atoms with Gasteiger partial charge in [0.15, 0.2) is 0 Å². The third-order valence-electron chi connectivity index (χ3n) is 2.58. The second-order valence-corrected chi connectivity index (χ2v) is 3.56. The predicted molar refractivity (Wildman–Crippen MR) is 51.8 cm³/mol. The summed E-state index contributed by atoms with van der Waals surface area (Å²) in [5.41, 5.74) is 1.06. The lowest BCUT2D eigenvalue weighted by atomic mass is 10.1. The summed E-state index contributed by atoms with van der Waals surface area (Å²) in [6.45, 7) is -0.121. The number of ether oxygens (including phenoxy) is 1. The molecule has 0 radical (unpaired) electrons. The number of aliphatic hydroxyl groups is 2. The Bertz CT molecular complexity index is 286.